The molecule has 0 aromatic carbocycles. The number of hydrogen-bond acceptors (Lipinski definition) is 2. The van der Waals surface area contributed by atoms with E-state index in [0.29, 0.717) is 6.04 Å². The molecule has 1 saturated heterocycles. The van der Waals surface area contributed by atoms with Gasteiger partial charge in [-0.1, -0.05) is 25.7 Å². The molecule has 2 nitrogen and oxygen atoms in total. The Morgan fingerprint density at radius 2 is 1.53 bits per heavy atom. The first-order valence-electron chi connectivity index (χ1n) is 7.82. The fourth-order valence-corrected chi connectivity index (χ4v) is 4.70. The highest BCUT2D eigenvalue weighted by molar-refractivity contribution is 4.93. The standard InChI is InChI=1S/C15H28N2/c16-9-15(12-5-2-1-3-6-12)17-10-13-7-4-8-14(13)11-17/h12-15H,1-11,16H2. The minimum atomic E-state index is 0.709. The summed E-state index contributed by atoms with van der Waals surface area (Å²) in [6.07, 6.45) is 11.7. The van der Waals surface area contributed by atoms with Crippen molar-refractivity contribution in [3.63, 3.8) is 0 Å². The summed E-state index contributed by atoms with van der Waals surface area (Å²) in [4.78, 5) is 2.77. The van der Waals surface area contributed by atoms with Crippen LogP contribution in [0.1, 0.15) is 51.4 Å². The summed E-state index contributed by atoms with van der Waals surface area (Å²) in [5.41, 5.74) is 6.09. The van der Waals surface area contributed by atoms with E-state index in [1.807, 2.05) is 0 Å². The van der Waals surface area contributed by atoms with E-state index in [9.17, 15) is 0 Å². The second-order valence-electron chi connectivity index (χ2n) is 6.61. The van der Waals surface area contributed by atoms with Gasteiger partial charge in [0.25, 0.3) is 0 Å². The molecule has 0 spiro atoms. The number of hydrogen-bond donors (Lipinski definition) is 1. The third kappa shape index (κ3) is 2.39. The Bertz CT molecular complexity index is 235. The maximum Gasteiger partial charge on any atom is 0.0246 e. The van der Waals surface area contributed by atoms with Crippen molar-refractivity contribution in [1.82, 2.24) is 4.90 Å². The van der Waals surface area contributed by atoms with Gasteiger partial charge in [-0.15, -0.1) is 0 Å². The van der Waals surface area contributed by atoms with Crippen molar-refractivity contribution in [2.24, 2.45) is 23.5 Å². The molecule has 3 aliphatic rings. The monoisotopic (exact) mass is 236 g/mol. The lowest BCUT2D eigenvalue weighted by molar-refractivity contribution is 0.139. The Kier molecular flexibility index (Phi) is 3.72. The third-order valence-corrected chi connectivity index (χ3v) is 5.66. The average Bonchev–Trinajstić information content (AvgIpc) is 2.92. The fraction of sp³-hybridized carbons (Fsp3) is 1.00. The van der Waals surface area contributed by atoms with Crippen LogP contribution in [-0.2, 0) is 0 Å². The molecule has 2 saturated carbocycles. The molecule has 98 valence electrons. The van der Waals surface area contributed by atoms with E-state index in [1.54, 1.807) is 0 Å². The Balaban J connectivity index is 1.61. The van der Waals surface area contributed by atoms with Crippen LogP contribution in [0, 0.1) is 17.8 Å². The van der Waals surface area contributed by atoms with E-state index in [2.05, 4.69) is 4.90 Å². The highest BCUT2D eigenvalue weighted by Gasteiger charge is 2.40. The Hall–Kier alpha value is -0.0800. The molecule has 0 radical (unpaired) electrons. The molecule has 1 heterocycles. The molecule has 3 atom stereocenters. The third-order valence-electron chi connectivity index (χ3n) is 5.66. The van der Waals surface area contributed by atoms with Gasteiger partial charge in [0, 0.05) is 25.7 Å². The number of rotatable bonds is 3. The van der Waals surface area contributed by atoms with Gasteiger partial charge in [0.2, 0.25) is 0 Å². The number of nitrogens with zero attached hydrogens (tertiary/aromatic N) is 1. The molecule has 1 aliphatic heterocycles. The van der Waals surface area contributed by atoms with Crippen LogP contribution < -0.4 is 5.73 Å². The molecule has 3 fully saturated rings. The first kappa shape index (κ1) is 12.0. The van der Waals surface area contributed by atoms with Crippen molar-refractivity contribution < 1.29 is 0 Å². The lowest BCUT2D eigenvalue weighted by atomic mass is 9.83. The maximum absolute atomic E-state index is 6.09. The van der Waals surface area contributed by atoms with Crippen molar-refractivity contribution in [2.75, 3.05) is 19.6 Å². The SMILES string of the molecule is NCC(C1CCCCC1)N1CC2CCCC2C1. The quantitative estimate of drug-likeness (QED) is 0.816. The summed E-state index contributed by atoms with van der Waals surface area (Å²) in [5.74, 6) is 2.95. The van der Waals surface area contributed by atoms with E-state index in [0.717, 1.165) is 24.3 Å². The van der Waals surface area contributed by atoms with Crippen LogP contribution >= 0.6 is 0 Å². The number of nitrogens with two attached hydrogens (primary N) is 1. The molecular formula is C15H28N2. The van der Waals surface area contributed by atoms with Gasteiger partial charge in [-0.25, -0.2) is 0 Å². The molecule has 2 N–H and O–H groups in total. The molecule has 3 rings (SSSR count). The summed E-state index contributed by atoms with van der Waals surface area (Å²) in [6, 6.07) is 0.709. The van der Waals surface area contributed by atoms with Crippen molar-refractivity contribution in [2.45, 2.75) is 57.4 Å². The second kappa shape index (κ2) is 5.27. The molecule has 3 unspecified atom stereocenters. The van der Waals surface area contributed by atoms with Crippen LogP contribution in [0.5, 0.6) is 0 Å². The van der Waals surface area contributed by atoms with E-state index in [1.165, 1.54) is 64.5 Å². The average molecular weight is 236 g/mol. The molecule has 0 amide bonds. The molecular weight excluding hydrogens is 208 g/mol. The van der Waals surface area contributed by atoms with E-state index in [-0.39, 0.29) is 0 Å². The van der Waals surface area contributed by atoms with Gasteiger partial charge in [0.1, 0.15) is 0 Å². The van der Waals surface area contributed by atoms with Crippen LogP contribution in [0.3, 0.4) is 0 Å². The van der Waals surface area contributed by atoms with Crippen molar-refractivity contribution in [3.8, 4) is 0 Å². The molecule has 0 aromatic heterocycles. The van der Waals surface area contributed by atoms with E-state index >= 15 is 0 Å². The first-order chi connectivity index (χ1) is 8.38. The molecule has 2 heteroatoms. The minimum absolute atomic E-state index is 0.709. The maximum atomic E-state index is 6.09. The highest BCUT2D eigenvalue weighted by Crippen LogP contribution is 2.40. The van der Waals surface area contributed by atoms with Crippen LogP contribution in [-0.4, -0.2) is 30.6 Å². The smallest absolute Gasteiger partial charge is 0.0246 e. The Morgan fingerprint density at radius 3 is 2.12 bits per heavy atom. The van der Waals surface area contributed by atoms with Gasteiger partial charge >= 0.3 is 0 Å². The Morgan fingerprint density at radius 1 is 0.882 bits per heavy atom. The number of likely N-dealkylation sites (tertiary alicyclic amines) is 1. The van der Waals surface area contributed by atoms with Gasteiger partial charge in [0.15, 0.2) is 0 Å². The zero-order valence-electron chi connectivity index (χ0n) is 11.1. The fourth-order valence-electron chi connectivity index (χ4n) is 4.70. The molecule has 0 bridgehead atoms. The summed E-state index contributed by atoms with van der Waals surface area (Å²) in [5, 5.41) is 0. The lowest BCUT2D eigenvalue weighted by Gasteiger charge is -2.36. The highest BCUT2D eigenvalue weighted by atomic mass is 15.2. The van der Waals surface area contributed by atoms with Crippen molar-refractivity contribution in [1.29, 1.82) is 0 Å². The summed E-state index contributed by atoms with van der Waals surface area (Å²) in [7, 11) is 0. The van der Waals surface area contributed by atoms with Crippen LogP contribution in [0.4, 0.5) is 0 Å². The second-order valence-corrected chi connectivity index (χ2v) is 6.61. The van der Waals surface area contributed by atoms with Crippen LogP contribution in [0.25, 0.3) is 0 Å². The van der Waals surface area contributed by atoms with Crippen LogP contribution in [0.15, 0.2) is 0 Å². The van der Waals surface area contributed by atoms with Crippen LogP contribution in [0.2, 0.25) is 0 Å². The summed E-state index contributed by atoms with van der Waals surface area (Å²) < 4.78 is 0. The van der Waals surface area contributed by atoms with E-state index in [4.69, 9.17) is 5.73 Å². The zero-order chi connectivity index (χ0) is 11.7. The summed E-state index contributed by atoms with van der Waals surface area (Å²) >= 11 is 0. The normalized spacial score (nSPS) is 37.2. The molecule has 17 heavy (non-hydrogen) atoms. The van der Waals surface area contributed by atoms with Gasteiger partial charge in [-0.3, -0.25) is 4.90 Å². The lowest BCUT2D eigenvalue weighted by Crippen LogP contribution is -2.45. The van der Waals surface area contributed by atoms with Crippen molar-refractivity contribution >= 4 is 0 Å². The number of fused-ring (bicyclic) bond motifs is 1. The van der Waals surface area contributed by atoms with Gasteiger partial charge in [0.05, 0.1) is 0 Å². The van der Waals surface area contributed by atoms with Crippen molar-refractivity contribution in [3.05, 3.63) is 0 Å². The van der Waals surface area contributed by atoms with Gasteiger partial charge in [-0.2, -0.15) is 0 Å². The van der Waals surface area contributed by atoms with Gasteiger partial charge < -0.3 is 5.73 Å². The van der Waals surface area contributed by atoms with Gasteiger partial charge in [-0.05, 0) is 43.4 Å². The van der Waals surface area contributed by atoms with E-state index < -0.39 is 0 Å². The predicted octanol–water partition coefficient (Wildman–Crippen LogP) is 2.63. The molecule has 2 aliphatic carbocycles. The minimum Gasteiger partial charge on any atom is -0.329 e. The Labute approximate surface area is 106 Å². The molecule has 0 aromatic rings. The summed E-state index contributed by atoms with van der Waals surface area (Å²) in [6.45, 7) is 3.62. The zero-order valence-corrected chi connectivity index (χ0v) is 11.1. The predicted molar refractivity (Wildman–Crippen MR) is 71.8 cm³/mol. The topological polar surface area (TPSA) is 29.3 Å². The first-order valence-corrected chi connectivity index (χ1v) is 7.82. The largest absolute Gasteiger partial charge is 0.329 e.